The molecule has 0 spiro atoms. The number of ether oxygens (including phenoxy) is 1. The zero-order chi connectivity index (χ0) is 22.5. The van der Waals surface area contributed by atoms with Crippen LogP contribution in [0, 0.1) is 13.8 Å². The van der Waals surface area contributed by atoms with Crippen molar-refractivity contribution < 1.29 is 9.53 Å². The molecule has 1 saturated heterocycles. The number of carbonyl (C=O) groups excluding carboxylic acids is 1. The Morgan fingerprint density at radius 1 is 0.906 bits per heavy atom. The Balaban J connectivity index is 1.55. The fraction of sp³-hybridized carbons (Fsp3) is 0.296. The Kier molecular flexibility index (Phi) is 6.76. The highest BCUT2D eigenvalue weighted by atomic mass is 16.5. The topological polar surface area (TPSA) is 44.8 Å². The highest BCUT2D eigenvalue weighted by Gasteiger charge is 2.31. The predicted octanol–water partition coefficient (Wildman–Crippen LogP) is 4.81. The summed E-state index contributed by atoms with van der Waals surface area (Å²) in [6.45, 7) is 7.55. The molecule has 5 heteroatoms. The van der Waals surface area contributed by atoms with Gasteiger partial charge in [0.1, 0.15) is 11.8 Å². The maximum Gasteiger partial charge on any atom is 0.246 e. The molecule has 1 N–H and O–H groups in total. The average molecular weight is 430 g/mol. The number of rotatable bonds is 6. The van der Waals surface area contributed by atoms with Crippen LogP contribution < -0.4 is 15.0 Å². The van der Waals surface area contributed by atoms with Crippen LogP contribution in [0.2, 0.25) is 0 Å². The molecule has 1 aliphatic rings. The zero-order valence-corrected chi connectivity index (χ0v) is 19.0. The molecule has 0 unspecified atom stereocenters. The van der Waals surface area contributed by atoms with Crippen molar-refractivity contribution in [2.24, 2.45) is 0 Å². The minimum absolute atomic E-state index is 0.0376. The molecule has 0 bridgehead atoms. The van der Waals surface area contributed by atoms with E-state index in [4.69, 9.17) is 4.74 Å². The third kappa shape index (κ3) is 4.78. The van der Waals surface area contributed by atoms with Crippen LogP contribution in [0.4, 0.5) is 11.4 Å². The van der Waals surface area contributed by atoms with Crippen LogP contribution in [0.3, 0.4) is 0 Å². The van der Waals surface area contributed by atoms with Gasteiger partial charge in [-0.15, -0.1) is 0 Å². The summed E-state index contributed by atoms with van der Waals surface area (Å²) in [4.78, 5) is 18.3. The molecular formula is C27H31N3O2. The molecule has 1 heterocycles. The SMILES string of the molecule is COc1ccc(C)cc1NC(=O)[C@H](c1ccccc1)N1CCN(c2ccccc2C)CC1. The van der Waals surface area contributed by atoms with Crippen LogP contribution in [0.5, 0.6) is 5.75 Å². The number of piperazine rings is 1. The van der Waals surface area contributed by atoms with Gasteiger partial charge >= 0.3 is 0 Å². The summed E-state index contributed by atoms with van der Waals surface area (Å²) in [5.74, 6) is 0.629. The number of carbonyl (C=O) groups is 1. The molecule has 5 nitrogen and oxygen atoms in total. The van der Waals surface area contributed by atoms with Crippen molar-refractivity contribution in [3.63, 3.8) is 0 Å². The van der Waals surface area contributed by atoms with E-state index < -0.39 is 0 Å². The van der Waals surface area contributed by atoms with Crippen molar-refractivity contribution in [2.45, 2.75) is 19.9 Å². The molecule has 3 aromatic rings. The number of nitrogens with zero attached hydrogens (tertiary/aromatic N) is 2. The van der Waals surface area contributed by atoms with E-state index in [9.17, 15) is 4.79 Å². The van der Waals surface area contributed by atoms with Gasteiger partial charge in [0.15, 0.2) is 0 Å². The predicted molar refractivity (Wildman–Crippen MR) is 131 cm³/mol. The quantitative estimate of drug-likeness (QED) is 0.611. The number of nitrogens with one attached hydrogen (secondary N) is 1. The van der Waals surface area contributed by atoms with Crippen molar-refractivity contribution in [1.82, 2.24) is 4.90 Å². The monoisotopic (exact) mass is 429 g/mol. The Morgan fingerprint density at radius 3 is 2.28 bits per heavy atom. The van der Waals surface area contributed by atoms with Crippen LogP contribution in [0.15, 0.2) is 72.8 Å². The van der Waals surface area contributed by atoms with Crippen molar-refractivity contribution in [3.8, 4) is 5.75 Å². The number of benzene rings is 3. The van der Waals surface area contributed by atoms with Gasteiger partial charge in [0, 0.05) is 31.9 Å². The van der Waals surface area contributed by atoms with Gasteiger partial charge in [-0.3, -0.25) is 9.69 Å². The first kappa shape index (κ1) is 21.9. The van der Waals surface area contributed by atoms with Crippen molar-refractivity contribution in [3.05, 3.63) is 89.5 Å². The van der Waals surface area contributed by atoms with Gasteiger partial charge in [-0.1, -0.05) is 54.6 Å². The van der Waals surface area contributed by atoms with Crippen LogP contribution in [0.1, 0.15) is 22.7 Å². The van der Waals surface area contributed by atoms with Gasteiger partial charge in [0.05, 0.1) is 12.8 Å². The first-order chi connectivity index (χ1) is 15.6. The summed E-state index contributed by atoms with van der Waals surface area (Å²) in [5, 5.41) is 3.13. The fourth-order valence-electron chi connectivity index (χ4n) is 4.42. The maximum absolute atomic E-state index is 13.6. The third-order valence-electron chi connectivity index (χ3n) is 6.11. The normalized spacial score (nSPS) is 15.3. The number of anilines is 2. The van der Waals surface area contributed by atoms with Crippen LogP contribution in [0.25, 0.3) is 0 Å². The molecule has 3 aromatic carbocycles. The van der Waals surface area contributed by atoms with E-state index in [1.54, 1.807) is 7.11 Å². The van der Waals surface area contributed by atoms with E-state index in [2.05, 4.69) is 46.3 Å². The molecule has 4 rings (SSSR count). The molecular weight excluding hydrogens is 398 g/mol. The number of hydrogen-bond acceptors (Lipinski definition) is 4. The van der Waals surface area contributed by atoms with E-state index in [-0.39, 0.29) is 11.9 Å². The summed E-state index contributed by atoms with van der Waals surface area (Å²) in [7, 11) is 1.62. The fourth-order valence-corrected chi connectivity index (χ4v) is 4.42. The van der Waals surface area contributed by atoms with Crippen LogP contribution in [-0.2, 0) is 4.79 Å². The largest absolute Gasteiger partial charge is 0.495 e. The van der Waals surface area contributed by atoms with E-state index >= 15 is 0 Å². The molecule has 1 fully saturated rings. The lowest BCUT2D eigenvalue weighted by Crippen LogP contribution is -2.50. The smallest absolute Gasteiger partial charge is 0.246 e. The lowest BCUT2D eigenvalue weighted by atomic mass is 10.0. The van der Waals surface area contributed by atoms with E-state index in [1.165, 1.54) is 11.3 Å². The van der Waals surface area contributed by atoms with Crippen molar-refractivity contribution >= 4 is 17.3 Å². The average Bonchev–Trinajstić information content (AvgIpc) is 2.81. The summed E-state index contributed by atoms with van der Waals surface area (Å²) in [6, 6.07) is 24.0. The molecule has 1 aliphatic heterocycles. The van der Waals surface area contributed by atoms with Gasteiger partial charge in [-0.05, 0) is 48.7 Å². The van der Waals surface area contributed by atoms with Gasteiger partial charge in [0.2, 0.25) is 5.91 Å². The Bertz CT molecular complexity index is 1060. The standard InChI is InChI=1S/C27H31N3O2/c1-20-13-14-25(32-3)23(19-20)28-27(31)26(22-10-5-4-6-11-22)30-17-15-29(16-18-30)24-12-8-7-9-21(24)2/h4-14,19,26H,15-18H2,1-3H3,(H,28,31)/t26-/m0/s1. The van der Waals surface area contributed by atoms with Gasteiger partial charge in [0.25, 0.3) is 0 Å². The van der Waals surface area contributed by atoms with E-state index in [0.717, 1.165) is 37.3 Å². The number of aryl methyl sites for hydroxylation is 2. The minimum atomic E-state index is -0.361. The van der Waals surface area contributed by atoms with Gasteiger partial charge in [-0.2, -0.15) is 0 Å². The minimum Gasteiger partial charge on any atom is -0.495 e. The highest BCUT2D eigenvalue weighted by Crippen LogP contribution is 2.30. The van der Waals surface area contributed by atoms with E-state index in [1.807, 2.05) is 55.5 Å². The van der Waals surface area contributed by atoms with Crippen LogP contribution >= 0.6 is 0 Å². The number of para-hydroxylation sites is 1. The van der Waals surface area contributed by atoms with Crippen molar-refractivity contribution in [2.75, 3.05) is 43.5 Å². The zero-order valence-electron chi connectivity index (χ0n) is 19.0. The lowest BCUT2D eigenvalue weighted by Gasteiger charge is -2.40. The highest BCUT2D eigenvalue weighted by molar-refractivity contribution is 5.97. The molecule has 32 heavy (non-hydrogen) atoms. The summed E-state index contributed by atoms with van der Waals surface area (Å²) in [5.41, 5.74) is 5.34. The van der Waals surface area contributed by atoms with E-state index in [0.29, 0.717) is 11.4 Å². The van der Waals surface area contributed by atoms with Gasteiger partial charge < -0.3 is 15.0 Å². The Labute approximate surface area is 190 Å². The Morgan fingerprint density at radius 2 is 1.59 bits per heavy atom. The summed E-state index contributed by atoms with van der Waals surface area (Å²) < 4.78 is 5.47. The van der Waals surface area contributed by atoms with Gasteiger partial charge in [-0.25, -0.2) is 0 Å². The second-order valence-electron chi connectivity index (χ2n) is 8.32. The Hall–Kier alpha value is -3.31. The molecule has 0 aromatic heterocycles. The molecule has 1 amide bonds. The summed E-state index contributed by atoms with van der Waals surface area (Å²) in [6.07, 6.45) is 0. The summed E-state index contributed by atoms with van der Waals surface area (Å²) >= 11 is 0. The molecule has 0 saturated carbocycles. The van der Waals surface area contributed by atoms with Crippen molar-refractivity contribution in [1.29, 1.82) is 0 Å². The number of hydrogen-bond donors (Lipinski definition) is 1. The molecule has 0 radical (unpaired) electrons. The van der Waals surface area contributed by atoms with Crippen LogP contribution in [-0.4, -0.2) is 44.1 Å². The first-order valence-electron chi connectivity index (χ1n) is 11.1. The number of methoxy groups -OCH3 is 1. The second-order valence-corrected chi connectivity index (χ2v) is 8.32. The first-order valence-corrected chi connectivity index (χ1v) is 11.1. The molecule has 166 valence electrons. The lowest BCUT2D eigenvalue weighted by molar-refractivity contribution is -0.121. The number of amides is 1. The molecule has 0 aliphatic carbocycles. The maximum atomic E-state index is 13.6. The third-order valence-corrected chi connectivity index (χ3v) is 6.11. The second kappa shape index (κ2) is 9.88. The molecule has 1 atom stereocenters.